The molecular formula is C18H22N2O. The number of carbonyl (C=O) groups is 1. The molecule has 0 saturated heterocycles. The summed E-state index contributed by atoms with van der Waals surface area (Å²) < 4.78 is 0. The van der Waals surface area contributed by atoms with Crippen LogP contribution >= 0.6 is 0 Å². The maximum Gasteiger partial charge on any atom is 0.224 e. The molecule has 1 amide bonds. The molecule has 21 heavy (non-hydrogen) atoms. The third-order valence-electron chi connectivity index (χ3n) is 4.26. The van der Waals surface area contributed by atoms with E-state index in [9.17, 15) is 4.79 Å². The number of hydrogen-bond donors (Lipinski definition) is 1. The van der Waals surface area contributed by atoms with Gasteiger partial charge in [0.05, 0.1) is 6.04 Å². The minimum Gasteiger partial charge on any atom is -0.333 e. The summed E-state index contributed by atoms with van der Waals surface area (Å²) in [5.74, 6) is 0.181. The van der Waals surface area contributed by atoms with Crippen LogP contribution in [-0.2, 0) is 4.79 Å². The fourth-order valence-electron chi connectivity index (χ4n) is 2.97. The van der Waals surface area contributed by atoms with Gasteiger partial charge in [-0.3, -0.25) is 4.79 Å². The lowest BCUT2D eigenvalue weighted by atomic mass is 10.0. The predicted molar refractivity (Wildman–Crippen MR) is 85.9 cm³/mol. The molecule has 2 N–H and O–H groups in total. The molecule has 0 radical (unpaired) electrons. The summed E-state index contributed by atoms with van der Waals surface area (Å²) in [5.41, 5.74) is 6.75. The predicted octanol–water partition coefficient (Wildman–Crippen LogP) is 3.24. The van der Waals surface area contributed by atoms with Gasteiger partial charge in [0.15, 0.2) is 0 Å². The lowest BCUT2D eigenvalue weighted by Crippen LogP contribution is -2.36. The average Bonchev–Trinajstić information content (AvgIpc) is 3.32. The van der Waals surface area contributed by atoms with Crippen molar-refractivity contribution >= 4 is 16.7 Å². The number of nitrogens with zero attached hydrogens (tertiary/aromatic N) is 1. The van der Waals surface area contributed by atoms with Gasteiger partial charge in [0, 0.05) is 19.0 Å². The van der Waals surface area contributed by atoms with Gasteiger partial charge in [-0.25, -0.2) is 0 Å². The molecular weight excluding hydrogens is 260 g/mol. The van der Waals surface area contributed by atoms with Gasteiger partial charge in [0.1, 0.15) is 0 Å². The van der Waals surface area contributed by atoms with Crippen molar-refractivity contribution in [2.45, 2.75) is 38.3 Å². The molecule has 3 nitrogen and oxygen atoms in total. The Morgan fingerprint density at radius 3 is 2.62 bits per heavy atom. The van der Waals surface area contributed by atoms with E-state index in [1.54, 1.807) is 0 Å². The van der Waals surface area contributed by atoms with E-state index in [0.29, 0.717) is 19.0 Å². The lowest BCUT2D eigenvalue weighted by molar-refractivity contribution is -0.133. The molecule has 0 aromatic heterocycles. The maximum atomic E-state index is 12.3. The standard InChI is InChI=1S/C18H22N2O/c1-13(20(17-8-9-17)18(21)10-11-19)15-7-6-14-4-2-3-5-16(14)12-15/h2-7,12-13,17H,8-11,19H2,1H3. The molecule has 3 heteroatoms. The van der Waals surface area contributed by atoms with Crippen molar-refractivity contribution < 1.29 is 4.79 Å². The van der Waals surface area contributed by atoms with E-state index in [-0.39, 0.29) is 11.9 Å². The van der Waals surface area contributed by atoms with Gasteiger partial charge in [0.25, 0.3) is 0 Å². The first kappa shape index (κ1) is 14.1. The molecule has 0 spiro atoms. The van der Waals surface area contributed by atoms with Gasteiger partial charge in [-0.2, -0.15) is 0 Å². The highest BCUT2D eigenvalue weighted by atomic mass is 16.2. The quantitative estimate of drug-likeness (QED) is 0.915. The van der Waals surface area contributed by atoms with Crippen molar-refractivity contribution in [2.24, 2.45) is 5.73 Å². The molecule has 2 aromatic carbocycles. The Hall–Kier alpha value is -1.87. The van der Waals surface area contributed by atoms with E-state index in [4.69, 9.17) is 5.73 Å². The monoisotopic (exact) mass is 282 g/mol. The molecule has 1 atom stereocenters. The zero-order valence-corrected chi connectivity index (χ0v) is 12.5. The molecule has 0 aliphatic heterocycles. The molecule has 1 aliphatic carbocycles. The first-order valence-electron chi connectivity index (χ1n) is 7.70. The van der Waals surface area contributed by atoms with Gasteiger partial charge in [-0.1, -0.05) is 36.4 Å². The molecule has 2 aromatic rings. The van der Waals surface area contributed by atoms with Gasteiger partial charge in [-0.15, -0.1) is 0 Å². The Balaban J connectivity index is 1.90. The van der Waals surface area contributed by atoms with Crippen LogP contribution < -0.4 is 5.73 Å². The molecule has 1 aliphatic rings. The van der Waals surface area contributed by atoms with Crippen molar-refractivity contribution in [1.29, 1.82) is 0 Å². The topological polar surface area (TPSA) is 46.3 Å². The Labute approximate surface area is 125 Å². The summed E-state index contributed by atoms with van der Waals surface area (Å²) in [6.07, 6.45) is 2.68. The maximum absolute atomic E-state index is 12.3. The van der Waals surface area contributed by atoms with Crippen LogP contribution in [0.15, 0.2) is 42.5 Å². The van der Waals surface area contributed by atoms with E-state index in [1.165, 1.54) is 16.3 Å². The van der Waals surface area contributed by atoms with Gasteiger partial charge >= 0.3 is 0 Å². The van der Waals surface area contributed by atoms with Crippen LogP contribution in [0.3, 0.4) is 0 Å². The number of benzene rings is 2. The van der Waals surface area contributed by atoms with Gasteiger partial charge < -0.3 is 10.6 Å². The Morgan fingerprint density at radius 1 is 1.24 bits per heavy atom. The second-order valence-corrected chi connectivity index (χ2v) is 5.85. The Morgan fingerprint density at radius 2 is 1.95 bits per heavy atom. The normalized spacial score (nSPS) is 15.9. The zero-order valence-electron chi connectivity index (χ0n) is 12.5. The minimum absolute atomic E-state index is 0.112. The van der Waals surface area contributed by atoms with Crippen molar-refractivity contribution in [3.05, 3.63) is 48.0 Å². The highest BCUT2D eigenvalue weighted by molar-refractivity contribution is 5.83. The fourth-order valence-corrected chi connectivity index (χ4v) is 2.97. The van der Waals surface area contributed by atoms with Crippen molar-refractivity contribution in [1.82, 2.24) is 4.90 Å². The van der Waals surface area contributed by atoms with Crippen molar-refractivity contribution in [3.8, 4) is 0 Å². The molecule has 110 valence electrons. The smallest absolute Gasteiger partial charge is 0.224 e. The second kappa shape index (κ2) is 5.86. The number of amides is 1. The first-order chi connectivity index (χ1) is 10.2. The SMILES string of the molecule is CC(c1ccc2ccccc2c1)N(C(=O)CCN)C1CC1. The van der Waals surface area contributed by atoms with Crippen LogP contribution in [0.5, 0.6) is 0 Å². The fraction of sp³-hybridized carbons (Fsp3) is 0.389. The summed E-state index contributed by atoms with van der Waals surface area (Å²) in [7, 11) is 0. The van der Waals surface area contributed by atoms with Gasteiger partial charge in [-0.05, 0) is 42.2 Å². The molecule has 1 fully saturated rings. The van der Waals surface area contributed by atoms with Crippen LogP contribution in [-0.4, -0.2) is 23.4 Å². The van der Waals surface area contributed by atoms with Crippen LogP contribution in [0.4, 0.5) is 0 Å². The first-order valence-corrected chi connectivity index (χ1v) is 7.70. The van der Waals surface area contributed by atoms with Crippen molar-refractivity contribution in [2.75, 3.05) is 6.54 Å². The van der Waals surface area contributed by atoms with E-state index in [2.05, 4.69) is 43.3 Å². The third kappa shape index (κ3) is 2.93. The minimum atomic E-state index is 0.112. The van der Waals surface area contributed by atoms with E-state index in [1.807, 2.05) is 11.0 Å². The second-order valence-electron chi connectivity index (χ2n) is 5.85. The Bertz CT molecular complexity index is 648. The van der Waals surface area contributed by atoms with Crippen LogP contribution in [0.1, 0.15) is 37.8 Å². The van der Waals surface area contributed by atoms with E-state index in [0.717, 1.165) is 12.8 Å². The summed E-state index contributed by atoms with van der Waals surface area (Å²) in [5, 5.41) is 2.46. The van der Waals surface area contributed by atoms with E-state index >= 15 is 0 Å². The van der Waals surface area contributed by atoms with Crippen molar-refractivity contribution in [3.63, 3.8) is 0 Å². The highest BCUT2D eigenvalue weighted by Crippen LogP contribution is 2.35. The molecule has 0 heterocycles. The average molecular weight is 282 g/mol. The van der Waals surface area contributed by atoms with Crippen LogP contribution in [0, 0.1) is 0 Å². The lowest BCUT2D eigenvalue weighted by Gasteiger charge is -2.30. The number of hydrogen-bond acceptors (Lipinski definition) is 2. The molecule has 1 unspecified atom stereocenters. The van der Waals surface area contributed by atoms with Gasteiger partial charge in [0.2, 0.25) is 5.91 Å². The van der Waals surface area contributed by atoms with Crippen LogP contribution in [0.2, 0.25) is 0 Å². The molecule has 1 saturated carbocycles. The molecule has 0 bridgehead atoms. The summed E-state index contributed by atoms with van der Waals surface area (Å²) in [4.78, 5) is 14.4. The Kier molecular flexibility index (Phi) is 3.93. The number of nitrogens with two attached hydrogens (primary N) is 1. The summed E-state index contributed by atoms with van der Waals surface area (Å²) >= 11 is 0. The van der Waals surface area contributed by atoms with Crippen LogP contribution in [0.25, 0.3) is 10.8 Å². The number of fused-ring (bicyclic) bond motifs is 1. The zero-order chi connectivity index (χ0) is 14.8. The third-order valence-corrected chi connectivity index (χ3v) is 4.26. The largest absolute Gasteiger partial charge is 0.333 e. The number of carbonyl (C=O) groups excluding carboxylic acids is 1. The number of rotatable bonds is 5. The highest BCUT2D eigenvalue weighted by Gasteiger charge is 2.35. The summed E-state index contributed by atoms with van der Waals surface area (Å²) in [6, 6.07) is 15.3. The summed E-state index contributed by atoms with van der Waals surface area (Å²) in [6.45, 7) is 2.54. The molecule has 3 rings (SSSR count). The van der Waals surface area contributed by atoms with E-state index < -0.39 is 0 Å².